The van der Waals surface area contributed by atoms with Crippen molar-refractivity contribution in [3.8, 4) is 0 Å². The largest absolute Gasteiger partial charge is 0.464 e. The number of carbonyl (C=O) groups is 1. The SMILES string of the molecule is CCCN(CCC)CC(=O)OCC(C)C. The fourth-order valence-corrected chi connectivity index (χ4v) is 1.39. The van der Waals surface area contributed by atoms with Crippen LogP contribution < -0.4 is 0 Å². The molecule has 0 heterocycles. The van der Waals surface area contributed by atoms with Gasteiger partial charge < -0.3 is 4.74 Å². The van der Waals surface area contributed by atoms with Crippen LogP contribution in [0.1, 0.15) is 40.5 Å². The van der Waals surface area contributed by atoms with Crippen molar-refractivity contribution >= 4 is 5.97 Å². The van der Waals surface area contributed by atoms with E-state index in [0.717, 1.165) is 25.9 Å². The molecule has 90 valence electrons. The average molecular weight is 215 g/mol. The average Bonchev–Trinajstić information content (AvgIpc) is 2.15. The minimum absolute atomic E-state index is 0.0920. The van der Waals surface area contributed by atoms with Crippen molar-refractivity contribution in [2.24, 2.45) is 5.92 Å². The van der Waals surface area contributed by atoms with Gasteiger partial charge in [-0.2, -0.15) is 0 Å². The van der Waals surface area contributed by atoms with Gasteiger partial charge in [-0.3, -0.25) is 9.69 Å². The van der Waals surface area contributed by atoms with Crippen molar-refractivity contribution in [3.05, 3.63) is 0 Å². The van der Waals surface area contributed by atoms with Crippen LogP contribution in [0.3, 0.4) is 0 Å². The second-order valence-electron chi connectivity index (χ2n) is 4.35. The summed E-state index contributed by atoms with van der Waals surface area (Å²) in [6.45, 7) is 11.3. The molecule has 0 atom stereocenters. The van der Waals surface area contributed by atoms with Gasteiger partial charge in [0, 0.05) is 0 Å². The first-order valence-electron chi connectivity index (χ1n) is 5.98. The lowest BCUT2D eigenvalue weighted by molar-refractivity contribution is -0.146. The molecule has 0 aliphatic rings. The molecule has 3 heteroatoms. The van der Waals surface area contributed by atoms with Crippen molar-refractivity contribution in [2.45, 2.75) is 40.5 Å². The molecule has 0 saturated heterocycles. The van der Waals surface area contributed by atoms with E-state index in [1.807, 2.05) is 13.8 Å². The van der Waals surface area contributed by atoms with Crippen LogP contribution in [0.2, 0.25) is 0 Å². The molecule has 0 spiro atoms. The van der Waals surface area contributed by atoms with E-state index in [0.29, 0.717) is 19.1 Å². The monoisotopic (exact) mass is 215 g/mol. The molecule has 0 aliphatic carbocycles. The Bertz CT molecular complexity index is 163. The third kappa shape index (κ3) is 8.43. The number of esters is 1. The Balaban J connectivity index is 3.77. The van der Waals surface area contributed by atoms with E-state index in [1.54, 1.807) is 0 Å². The Morgan fingerprint density at radius 3 is 2.13 bits per heavy atom. The third-order valence-corrected chi connectivity index (χ3v) is 2.01. The fraction of sp³-hybridized carbons (Fsp3) is 0.917. The maximum Gasteiger partial charge on any atom is 0.320 e. The van der Waals surface area contributed by atoms with Crippen LogP contribution in [-0.2, 0) is 9.53 Å². The number of nitrogens with zero attached hydrogens (tertiary/aromatic N) is 1. The van der Waals surface area contributed by atoms with Crippen LogP contribution in [0.25, 0.3) is 0 Å². The number of carbonyl (C=O) groups excluding carboxylic acids is 1. The van der Waals surface area contributed by atoms with E-state index in [2.05, 4.69) is 18.7 Å². The second-order valence-corrected chi connectivity index (χ2v) is 4.35. The van der Waals surface area contributed by atoms with E-state index in [-0.39, 0.29) is 5.97 Å². The van der Waals surface area contributed by atoms with Crippen molar-refractivity contribution in [3.63, 3.8) is 0 Å². The predicted octanol–water partition coefficient (Wildman–Crippen LogP) is 2.31. The normalized spacial score (nSPS) is 11.1. The van der Waals surface area contributed by atoms with Crippen LogP contribution in [0.5, 0.6) is 0 Å². The standard InChI is InChI=1S/C12H25NO2/c1-5-7-13(8-6-2)9-12(14)15-10-11(3)4/h11H,5-10H2,1-4H3. The molecular weight excluding hydrogens is 190 g/mol. The Hall–Kier alpha value is -0.570. The third-order valence-electron chi connectivity index (χ3n) is 2.01. The lowest BCUT2D eigenvalue weighted by Crippen LogP contribution is -2.32. The van der Waals surface area contributed by atoms with Gasteiger partial charge in [-0.1, -0.05) is 27.7 Å². The molecule has 0 unspecified atom stereocenters. The highest BCUT2D eigenvalue weighted by Crippen LogP contribution is 1.97. The Morgan fingerprint density at radius 1 is 1.20 bits per heavy atom. The topological polar surface area (TPSA) is 29.5 Å². The van der Waals surface area contributed by atoms with E-state index in [4.69, 9.17) is 4.74 Å². The van der Waals surface area contributed by atoms with E-state index < -0.39 is 0 Å². The molecule has 3 nitrogen and oxygen atoms in total. The minimum Gasteiger partial charge on any atom is -0.464 e. The molecule has 0 rings (SSSR count). The molecule has 0 aromatic rings. The molecule has 0 amide bonds. The zero-order valence-corrected chi connectivity index (χ0v) is 10.6. The first kappa shape index (κ1) is 14.4. The summed E-state index contributed by atoms with van der Waals surface area (Å²) in [6.07, 6.45) is 2.16. The van der Waals surface area contributed by atoms with Gasteiger partial charge in [0.05, 0.1) is 13.2 Å². The Kier molecular flexibility index (Phi) is 8.38. The molecular formula is C12H25NO2. The second kappa shape index (κ2) is 8.72. The van der Waals surface area contributed by atoms with Crippen LogP contribution in [0.15, 0.2) is 0 Å². The van der Waals surface area contributed by atoms with Crippen molar-refractivity contribution in [1.82, 2.24) is 4.90 Å². The summed E-state index contributed by atoms with van der Waals surface area (Å²) in [5.41, 5.74) is 0. The van der Waals surface area contributed by atoms with Gasteiger partial charge in [0.25, 0.3) is 0 Å². The molecule has 0 aromatic carbocycles. The van der Waals surface area contributed by atoms with Crippen molar-refractivity contribution in [2.75, 3.05) is 26.2 Å². The van der Waals surface area contributed by atoms with Crippen LogP contribution >= 0.6 is 0 Å². The van der Waals surface area contributed by atoms with Gasteiger partial charge in [0.15, 0.2) is 0 Å². The summed E-state index contributed by atoms with van der Waals surface area (Å²) in [7, 11) is 0. The molecule has 0 radical (unpaired) electrons. The highest BCUT2D eigenvalue weighted by atomic mass is 16.5. The van der Waals surface area contributed by atoms with Crippen LogP contribution in [-0.4, -0.2) is 37.1 Å². The number of hydrogen-bond acceptors (Lipinski definition) is 3. The molecule has 0 saturated carbocycles. The van der Waals surface area contributed by atoms with Gasteiger partial charge in [-0.25, -0.2) is 0 Å². The van der Waals surface area contributed by atoms with Gasteiger partial charge in [0.1, 0.15) is 0 Å². The summed E-state index contributed by atoms with van der Waals surface area (Å²) < 4.78 is 5.15. The lowest BCUT2D eigenvalue weighted by atomic mass is 10.2. The number of rotatable bonds is 8. The van der Waals surface area contributed by atoms with Crippen molar-refractivity contribution < 1.29 is 9.53 Å². The molecule has 15 heavy (non-hydrogen) atoms. The Labute approximate surface area is 93.8 Å². The van der Waals surface area contributed by atoms with Gasteiger partial charge >= 0.3 is 5.97 Å². The summed E-state index contributed by atoms with van der Waals surface area (Å²) in [6, 6.07) is 0. The smallest absolute Gasteiger partial charge is 0.320 e. The highest BCUT2D eigenvalue weighted by molar-refractivity contribution is 5.71. The fourth-order valence-electron chi connectivity index (χ4n) is 1.39. The zero-order valence-electron chi connectivity index (χ0n) is 10.6. The summed E-state index contributed by atoms with van der Waals surface area (Å²) in [5.74, 6) is 0.324. The molecule has 0 fully saturated rings. The van der Waals surface area contributed by atoms with Gasteiger partial charge in [-0.15, -0.1) is 0 Å². The lowest BCUT2D eigenvalue weighted by Gasteiger charge is -2.19. The number of hydrogen-bond donors (Lipinski definition) is 0. The summed E-state index contributed by atoms with van der Waals surface area (Å²) >= 11 is 0. The number of ether oxygens (including phenoxy) is 1. The molecule has 0 aliphatic heterocycles. The predicted molar refractivity (Wildman–Crippen MR) is 62.8 cm³/mol. The van der Waals surface area contributed by atoms with E-state index in [9.17, 15) is 4.79 Å². The summed E-state index contributed by atoms with van der Waals surface area (Å²) in [5, 5.41) is 0. The van der Waals surface area contributed by atoms with Crippen LogP contribution in [0.4, 0.5) is 0 Å². The van der Waals surface area contributed by atoms with E-state index >= 15 is 0 Å². The summed E-state index contributed by atoms with van der Waals surface area (Å²) in [4.78, 5) is 13.6. The maximum absolute atomic E-state index is 11.4. The molecule has 0 bridgehead atoms. The highest BCUT2D eigenvalue weighted by Gasteiger charge is 2.10. The maximum atomic E-state index is 11.4. The Morgan fingerprint density at radius 2 is 1.73 bits per heavy atom. The molecule has 0 N–H and O–H groups in total. The molecule has 0 aromatic heterocycles. The first-order chi connectivity index (χ1) is 7.10. The van der Waals surface area contributed by atoms with Gasteiger partial charge in [-0.05, 0) is 31.8 Å². The quantitative estimate of drug-likeness (QED) is 0.582. The van der Waals surface area contributed by atoms with Crippen LogP contribution in [0, 0.1) is 5.92 Å². The minimum atomic E-state index is -0.0920. The first-order valence-corrected chi connectivity index (χ1v) is 5.98. The van der Waals surface area contributed by atoms with Crippen molar-refractivity contribution in [1.29, 1.82) is 0 Å². The zero-order chi connectivity index (χ0) is 11.7. The van der Waals surface area contributed by atoms with E-state index in [1.165, 1.54) is 0 Å². The van der Waals surface area contributed by atoms with Gasteiger partial charge in [0.2, 0.25) is 0 Å².